The number of anilines is 1. The molecule has 0 spiro atoms. The Morgan fingerprint density at radius 2 is 2.16 bits per heavy atom. The van der Waals surface area contributed by atoms with Crippen molar-refractivity contribution in [1.29, 1.82) is 0 Å². The average Bonchev–Trinajstić information content (AvgIpc) is 2.42. The maximum Gasteiger partial charge on any atom is 0.254 e. The van der Waals surface area contributed by atoms with Crippen molar-refractivity contribution < 1.29 is 14.0 Å². The van der Waals surface area contributed by atoms with Crippen LogP contribution in [0.5, 0.6) is 0 Å². The molecule has 0 aliphatic rings. The van der Waals surface area contributed by atoms with Crippen LogP contribution in [-0.2, 0) is 4.79 Å². The van der Waals surface area contributed by atoms with Gasteiger partial charge in [-0.15, -0.1) is 0 Å². The molecular formula is C11H16FN5O2. The van der Waals surface area contributed by atoms with Crippen LogP contribution in [0.4, 0.5) is 10.2 Å². The Hall–Kier alpha value is -2.22. The maximum atomic E-state index is 13.7. The Morgan fingerprint density at radius 3 is 2.79 bits per heavy atom. The number of hydrogen-bond donors (Lipinski definition) is 4. The molecule has 2 amide bonds. The topological polar surface area (TPSA) is 109 Å². The van der Waals surface area contributed by atoms with Crippen molar-refractivity contribution in [3.8, 4) is 0 Å². The number of halogens is 1. The number of hydrogen-bond acceptors (Lipinski definition) is 5. The van der Waals surface area contributed by atoms with Crippen molar-refractivity contribution in [3.63, 3.8) is 0 Å². The summed E-state index contributed by atoms with van der Waals surface area (Å²) in [6.45, 7) is 2.22. The summed E-state index contributed by atoms with van der Waals surface area (Å²) in [4.78, 5) is 26.6. The number of hydrazine groups is 1. The highest BCUT2D eigenvalue weighted by Gasteiger charge is 2.16. The average molecular weight is 269 g/mol. The molecule has 0 fully saturated rings. The van der Waals surface area contributed by atoms with Crippen LogP contribution in [0.15, 0.2) is 12.3 Å². The van der Waals surface area contributed by atoms with E-state index >= 15 is 0 Å². The quantitative estimate of drug-likeness (QED) is 0.421. The molecule has 0 radical (unpaired) electrons. The summed E-state index contributed by atoms with van der Waals surface area (Å²) in [5, 5.41) is 4.90. The number of rotatable bonds is 6. The first kappa shape index (κ1) is 14.8. The van der Waals surface area contributed by atoms with E-state index < -0.39 is 11.7 Å². The molecule has 8 heteroatoms. The highest BCUT2D eigenvalue weighted by Crippen LogP contribution is 2.13. The van der Waals surface area contributed by atoms with Crippen LogP contribution in [0.25, 0.3) is 0 Å². The Bertz CT molecular complexity index is 466. The lowest BCUT2D eigenvalue weighted by Crippen LogP contribution is -2.37. The molecule has 0 aromatic carbocycles. The first-order chi connectivity index (χ1) is 9.10. The van der Waals surface area contributed by atoms with Gasteiger partial charge in [0.25, 0.3) is 5.91 Å². The number of carbonyl (C=O) groups is 2. The Balaban J connectivity index is 2.61. The second-order valence-electron chi connectivity index (χ2n) is 3.70. The maximum absolute atomic E-state index is 13.7. The first-order valence-corrected chi connectivity index (χ1v) is 5.76. The molecule has 0 aliphatic carbocycles. The standard InChI is InChI=1S/C11H16FN5O2/c1-2-4-14-8(18)6-16-11(19)7-3-5-15-10(17-13)9(7)12/h3,5H,2,4,6,13H2,1H3,(H,14,18)(H,15,17)(H,16,19). The molecule has 5 N–H and O–H groups in total. The molecule has 0 unspecified atom stereocenters. The summed E-state index contributed by atoms with van der Waals surface area (Å²) < 4.78 is 13.7. The van der Waals surface area contributed by atoms with Crippen molar-refractivity contribution in [2.45, 2.75) is 13.3 Å². The summed E-state index contributed by atoms with van der Waals surface area (Å²) in [6, 6.07) is 1.20. The van der Waals surface area contributed by atoms with Crippen LogP contribution in [0.2, 0.25) is 0 Å². The zero-order valence-electron chi connectivity index (χ0n) is 10.5. The number of amides is 2. The molecule has 0 saturated heterocycles. The van der Waals surface area contributed by atoms with Gasteiger partial charge in [-0.05, 0) is 12.5 Å². The van der Waals surface area contributed by atoms with Crippen LogP contribution in [-0.4, -0.2) is 29.9 Å². The molecule has 1 rings (SSSR count). The van der Waals surface area contributed by atoms with Gasteiger partial charge in [0.2, 0.25) is 5.91 Å². The highest BCUT2D eigenvalue weighted by molar-refractivity contribution is 5.97. The van der Waals surface area contributed by atoms with Crippen molar-refractivity contribution in [2.75, 3.05) is 18.5 Å². The van der Waals surface area contributed by atoms with E-state index in [1.807, 2.05) is 12.3 Å². The van der Waals surface area contributed by atoms with Crippen LogP contribution in [0, 0.1) is 5.82 Å². The zero-order valence-corrected chi connectivity index (χ0v) is 10.5. The third-order valence-corrected chi connectivity index (χ3v) is 2.25. The van der Waals surface area contributed by atoms with E-state index in [1.54, 1.807) is 0 Å². The normalized spacial score (nSPS) is 9.84. The van der Waals surface area contributed by atoms with Gasteiger partial charge in [-0.25, -0.2) is 15.2 Å². The number of nitrogens with two attached hydrogens (primary N) is 1. The van der Waals surface area contributed by atoms with Crippen molar-refractivity contribution in [2.24, 2.45) is 5.84 Å². The monoisotopic (exact) mass is 269 g/mol. The van der Waals surface area contributed by atoms with Crippen molar-refractivity contribution in [1.82, 2.24) is 15.6 Å². The van der Waals surface area contributed by atoms with E-state index in [0.717, 1.165) is 6.42 Å². The summed E-state index contributed by atoms with van der Waals surface area (Å²) in [5.41, 5.74) is 1.81. The number of nitrogens with one attached hydrogen (secondary N) is 3. The van der Waals surface area contributed by atoms with Gasteiger partial charge in [0.05, 0.1) is 12.1 Å². The Labute approximate surface area is 109 Å². The molecule has 1 heterocycles. The van der Waals surface area contributed by atoms with Gasteiger partial charge in [0, 0.05) is 12.7 Å². The minimum absolute atomic E-state index is 0.216. The predicted molar refractivity (Wildman–Crippen MR) is 67.6 cm³/mol. The number of nitrogens with zero attached hydrogens (tertiary/aromatic N) is 1. The lowest BCUT2D eigenvalue weighted by atomic mass is 10.2. The highest BCUT2D eigenvalue weighted by atomic mass is 19.1. The van der Waals surface area contributed by atoms with E-state index in [-0.39, 0.29) is 23.8 Å². The lowest BCUT2D eigenvalue weighted by molar-refractivity contribution is -0.120. The molecule has 1 aromatic rings. The SMILES string of the molecule is CCCNC(=O)CNC(=O)c1ccnc(NN)c1F. The molecule has 7 nitrogen and oxygen atoms in total. The van der Waals surface area contributed by atoms with Gasteiger partial charge in [0.1, 0.15) is 0 Å². The molecule has 1 aromatic heterocycles. The lowest BCUT2D eigenvalue weighted by Gasteiger charge is -2.08. The van der Waals surface area contributed by atoms with Crippen LogP contribution < -0.4 is 21.9 Å². The molecular weight excluding hydrogens is 253 g/mol. The Morgan fingerprint density at radius 1 is 1.42 bits per heavy atom. The second-order valence-corrected chi connectivity index (χ2v) is 3.70. The molecule has 0 bridgehead atoms. The number of nitrogen functional groups attached to an aromatic ring is 1. The van der Waals surface area contributed by atoms with Gasteiger partial charge >= 0.3 is 0 Å². The minimum Gasteiger partial charge on any atom is -0.355 e. The number of carbonyl (C=O) groups excluding carboxylic acids is 2. The third-order valence-electron chi connectivity index (χ3n) is 2.25. The van der Waals surface area contributed by atoms with Crippen LogP contribution in [0.3, 0.4) is 0 Å². The summed E-state index contributed by atoms with van der Waals surface area (Å²) >= 11 is 0. The largest absolute Gasteiger partial charge is 0.355 e. The van der Waals surface area contributed by atoms with Crippen LogP contribution >= 0.6 is 0 Å². The predicted octanol–water partition coefficient (Wildman–Crippen LogP) is -0.238. The summed E-state index contributed by atoms with van der Waals surface area (Å²) in [7, 11) is 0. The van der Waals surface area contributed by atoms with Gasteiger partial charge in [0.15, 0.2) is 11.6 Å². The smallest absolute Gasteiger partial charge is 0.254 e. The fourth-order valence-electron chi connectivity index (χ4n) is 1.30. The molecule has 19 heavy (non-hydrogen) atoms. The van der Waals surface area contributed by atoms with Gasteiger partial charge in [-0.3, -0.25) is 9.59 Å². The van der Waals surface area contributed by atoms with Crippen molar-refractivity contribution in [3.05, 3.63) is 23.6 Å². The van der Waals surface area contributed by atoms with Crippen LogP contribution in [0.1, 0.15) is 23.7 Å². The van der Waals surface area contributed by atoms with E-state index in [0.29, 0.717) is 6.54 Å². The van der Waals surface area contributed by atoms with E-state index in [9.17, 15) is 14.0 Å². The fourth-order valence-corrected chi connectivity index (χ4v) is 1.30. The second kappa shape index (κ2) is 7.27. The van der Waals surface area contributed by atoms with Crippen molar-refractivity contribution >= 4 is 17.6 Å². The summed E-state index contributed by atoms with van der Waals surface area (Å²) in [6.07, 6.45) is 2.04. The number of pyridine rings is 1. The first-order valence-electron chi connectivity index (χ1n) is 5.76. The molecule has 0 aliphatic heterocycles. The fraction of sp³-hybridized carbons (Fsp3) is 0.364. The van der Waals surface area contributed by atoms with E-state index in [4.69, 9.17) is 5.84 Å². The third kappa shape index (κ3) is 4.18. The van der Waals surface area contributed by atoms with E-state index in [2.05, 4.69) is 15.6 Å². The molecule has 0 saturated carbocycles. The molecule has 104 valence electrons. The summed E-state index contributed by atoms with van der Waals surface area (Å²) in [5.74, 6) is 2.91. The van der Waals surface area contributed by atoms with Gasteiger partial charge in [-0.2, -0.15) is 0 Å². The van der Waals surface area contributed by atoms with Gasteiger partial charge in [-0.1, -0.05) is 6.92 Å². The Kier molecular flexibility index (Phi) is 5.68. The molecule has 0 atom stereocenters. The van der Waals surface area contributed by atoms with E-state index in [1.165, 1.54) is 12.3 Å². The number of aromatic nitrogens is 1. The minimum atomic E-state index is -0.864. The zero-order chi connectivity index (χ0) is 14.3. The van der Waals surface area contributed by atoms with Gasteiger partial charge < -0.3 is 16.1 Å².